The lowest BCUT2D eigenvalue weighted by Gasteiger charge is -2.18. The Morgan fingerprint density at radius 2 is 2.23 bits per heavy atom. The average Bonchev–Trinajstić information content (AvgIpc) is 3.20. The fourth-order valence-electron chi connectivity index (χ4n) is 1.91. The van der Waals surface area contributed by atoms with Gasteiger partial charge in [-0.2, -0.15) is 4.80 Å². The molecular formula is C13H11ClN6O2. The first-order chi connectivity index (χ1) is 10.7. The lowest BCUT2D eigenvalue weighted by Crippen LogP contribution is -2.21. The van der Waals surface area contributed by atoms with Gasteiger partial charge in [-0.1, -0.05) is 29.8 Å². The molecule has 0 saturated carbocycles. The van der Waals surface area contributed by atoms with Crippen molar-refractivity contribution in [1.29, 1.82) is 0 Å². The van der Waals surface area contributed by atoms with Gasteiger partial charge in [0, 0.05) is 23.0 Å². The molecule has 112 valence electrons. The van der Waals surface area contributed by atoms with Crippen molar-refractivity contribution in [3.63, 3.8) is 0 Å². The van der Waals surface area contributed by atoms with Gasteiger partial charge in [-0.25, -0.2) is 14.3 Å². The molecular weight excluding hydrogens is 308 g/mol. The standard InChI is InChI=1S/C13H11ClN6O2/c14-11-4-2-1-3-10(11)12(7-20-17-8-16-18-20)22-13(21)19-6-5-15-9-19/h1-6,8-9,12H,7H2/t12-/m1/s1. The Morgan fingerprint density at radius 1 is 1.36 bits per heavy atom. The summed E-state index contributed by atoms with van der Waals surface area (Å²) in [4.78, 5) is 17.3. The second kappa shape index (κ2) is 6.35. The summed E-state index contributed by atoms with van der Waals surface area (Å²) in [6.07, 6.45) is 4.44. The van der Waals surface area contributed by atoms with Gasteiger partial charge in [0.1, 0.15) is 12.9 Å². The van der Waals surface area contributed by atoms with Gasteiger partial charge >= 0.3 is 6.09 Å². The van der Waals surface area contributed by atoms with Crippen LogP contribution in [0.5, 0.6) is 0 Å². The maximum atomic E-state index is 12.1. The van der Waals surface area contributed by atoms with Crippen molar-refractivity contribution in [3.05, 3.63) is 59.9 Å². The summed E-state index contributed by atoms with van der Waals surface area (Å²) < 4.78 is 6.74. The zero-order chi connectivity index (χ0) is 15.4. The van der Waals surface area contributed by atoms with Gasteiger partial charge in [-0.15, -0.1) is 10.2 Å². The molecule has 0 aliphatic heterocycles. The van der Waals surface area contributed by atoms with Crippen molar-refractivity contribution in [2.24, 2.45) is 0 Å². The molecule has 0 bridgehead atoms. The number of hydrogen-bond acceptors (Lipinski definition) is 6. The molecule has 3 rings (SSSR count). The zero-order valence-electron chi connectivity index (χ0n) is 11.3. The molecule has 1 atom stereocenters. The van der Waals surface area contributed by atoms with Crippen molar-refractivity contribution in [1.82, 2.24) is 29.8 Å². The molecule has 0 aliphatic rings. The van der Waals surface area contributed by atoms with Crippen LogP contribution in [0.25, 0.3) is 0 Å². The molecule has 3 aromatic rings. The summed E-state index contributed by atoms with van der Waals surface area (Å²) in [5.74, 6) is 0. The van der Waals surface area contributed by atoms with E-state index in [1.807, 2.05) is 6.07 Å². The van der Waals surface area contributed by atoms with E-state index in [1.165, 1.54) is 34.4 Å². The lowest BCUT2D eigenvalue weighted by molar-refractivity contribution is 0.0831. The van der Waals surface area contributed by atoms with Crippen molar-refractivity contribution >= 4 is 17.7 Å². The Balaban J connectivity index is 1.86. The molecule has 0 spiro atoms. The number of carbonyl (C=O) groups is 1. The number of halogens is 1. The Labute approximate surface area is 130 Å². The van der Waals surface area contributed by atoms with Crippen LogP contribution < -0.4 is 0 Å². The third kappa shape index (κ3) is 3.12. The van der Waals surface area contributed by atoms with Crippen LogP contribution in [0, 0.1) is 0 Å². The minimum Gasteiger partial charge on any atom is -0.439 e. The Morgan fingerprint density at radius 3 is 2.91 bits per heavy atom. The number of tetrazole rings is 1. The summed E-state index contributed by atoms with van der Waals surface area (Å²) in [6, 6.07) is 7.12. The van der Waals surface area contributed by atoms with Crippen LogP contribution in [-0.2, 0) is 11.3 Å². The van der Waals surface area contributed by atoms with Crippen molar-refractivity contribution in [3.8, 4) is 0 Å². The van der Waals surface area contributed by atoms with E-state index in [4.69, 9.17) is 16.3 Å². The number of aromatic nitrogens is 6. The minimum atomic E-state index is -0.655. The normalized spacial score (nSPS) is 12.0. The fraction of sp³-hybridized carbons (Fsp3) is 0.154. The van der Waals surface area contributed by atoms with E-state index >= 15 is 0 Å². The third-order valence-corrected chi connectivity index (χ3v) is 3.28. The van der Waals surface area contributed by atoms with Crippen LogP contribution in [0.15, 0.2) is 49.3 Å². The third-order valence-electron chi connectivity index (χ3n) is 2.93. The fourth-order valence-corrected chi connectivity index (χ4v) is 2.16. The Bertz CT molecular complexity index is 744. The molecule has 0 N–H and O–H groups in total. The molecule has 0 amide bonds. The predicted molar refractivity (Wildman–Crippen MR) is 76.1 cm³/mol. The molecule has 0 aliphatic carbocycles. The van der Waals surface area contributed by atoms with E-state index in [9.17, 15) is 4.79 Å². The highest BCUT2D eigenvalue weighted by atomic mass is 35.5. The smallest absolute Gasteiger partial charge is 0.419 e. The van der Waals surface area contributed by atoms with Crippen LogP contribution >= 0.6 is 11.6 Å². The number of benzene rings is 1. The second-order valence-corrected chi connectivity index (χ2v) is 4.76. The Kier molecular flexibility index (Phi) is 4.10. The molecule has 2 heterocycles. The van der Waals surface area contributed by atoms with E-state index in [-0.39, 0.29) is 6.54 Å². The topological polar surface area (TPSA) is 87.7 Å². The minimum absolute atomic E-state index is 0.199. The molecule has 2 aromatic heterocycles. The van der Waals surface area contributed by atoms with Crippen molar-refractivity contribution < 1.29 is 9.53 Å². The first-order valence-corrected chi connectivity index (χ1v) is 6.76. The summed E-state index contributed by atoms with van der Waals surface area (Å²) in [5.41, 5.74) is 0.662. The van der Waals surface area contributed by atoms with E-state index < -0.39 is 12.2 Å². The predicted octanol–water partition coefficient (Wildman–Crippen LogP) is 1.95. The van der Waals surface area contributed by atoms with Crippen LogP contribution in [0.4, 0.5) is 4.79 Å². The largest absolute Gasteiger partial charge is 0.439 e. The van der Waals surface area contributed by atoms with Crippen LogP contribution in [0.2, 0.25) is 5.02 Å². The summed E-state index contributed by atoms with van der Waals surface area (Å²) >= 11 is 6.19. The van der Waals surface area contributed by atoms with Gasteiger partial charge in [-0.3, -0.25) is 0 Å². The summed E-state index contributed by atoms with van der Waals surface area (Å²) in [5, 5.41) is 11.8. The monoisotopic (exact) mass is 318 g/mol. The van der Waals surface area contributed by atoms with Gasteiger partial charge < -0.3 is 4.74 Å². The van der Waals surface area contributed by atoms with Crippen molar-refractivity contribution in [2.45, 2.75) is 12.6 Å². The first-order valence-electron chi connectivity index (χ1n) is 6.38. The number of rotatable bonds is 4. The number of hydrogen-bond donors (Lipinski definition) is 0. The maximum absolute atomic E-state index is 12.1. The van der Waals surface area contributed by atoms with Crippen LogP contribution in [0.1, 0.15) is 11.7 Å². The zero-order valence-corrected chi connectivity index (χ0v) is 12.0. The van der Waals surface area contributed by atoms with Gasteiger partial charge in [0.05, 0.1) is 0 Å². The summed E-state index contributed by atoms with van der Waals surface area (Å²) in [7, 11) is 0. The first kappa shape index (κ1) is 14.2. The lowest BCUT2D eigenvalue weighted by atomic mass is 10.1. The highest BCUT2D eigenvalue weighted by Crippen LogP contribution is 2.27. The molecule has 22 heavy (non-hydrogen) atoms. The molecule has 8 nitrogen and oxygen atoms in total. The van der Waals surface area contributed by atoms with Gasteiger partial charge in [0.2, 0.25) is 0 Å². The SMILES string of the molecule is O=C(O[C@H](Cn1ncnn1)c1ccccc1Cl)n1ccnc1. The summed E-state index contributed by atoms with van der Waals surface area (Å²) in [6.45, 7) is 0.199. The van der Waals surface area contributed by atoms with E-state index in [2.05, 4.69) is 20.4 Å². The number of nitrogens with zero attached hydrogens (tertiary/aromatic N) is 6. The molecule has 0 radical (unpaired) electrons. The van der Waals surface area contributed by atoms with E-state index in [0.717, 1.165) is 0 Å². The highest BCUT2D eigenvalue weighted by molar-refractivity contribution is 6.31. The van der Waals surface area contributed by atoms with E-state index in [1.54, 1.807) is 18.2 Å². The van der Waals surface area contributed by atoms with Gasteiger partial charge in [0.15, 0.2) is 12.4 Å². The molecule has 0 saturated heterocycles. The van der Waals surface area contributed by atoms with Crippen LogP contribution in [0.3, 0.4) is 0 Å². The molecule has 0 fully saturated rings. The number of imidazole rings is 1. The highest BCUT2D eigenvalue weighted by Gasteiger charge is 2.21. The Hall–Kier alpha value is -2.74. The van der Waals surface area contributed by atoms with Gasteiger partial charge in [0.25, 0.3) is 0 Å². The molecule has 0 unspecified atom stereocenters. The van der Waals surface area contributed by atoms with E-state index in [0.29, 0.717) is 10.6 Å². The molecule has 1 aromatic carbocycles. The van der Waals surface area contributed by atoms with Crippen molar-refractivity contribution in [2.75, 3.05) is 0 Å². The maximum Gasteiger partial charge on any atom is 0.419 e. The second-order valence-electron chi connectivity index (χ2n) is 4.35. The number of ether oxygens (including phenoxy) is 1. The van der Waals surface area contributed by atoms with Crippen LogP contribution in [-0.4, -0.2) is 35.9 Å². The average molecular weight is 319 g/mol. The van der Waals surface area contributed by atoms with Gasteiger partial charge in [-0.05, 0) is 11.3 Å². The molecule has 9 heteroatoms. The number of carbonyl (C=O) groups excluding carboxylic acids is 1. The quantitative estimate of drug-likeness (QED) is 0.730.